The highest BCUT2D eigenvalue weighted by molar-refractivity contribution is 6.74. The Kier molecular flexibility index (Phi) is 9.80. The normalized spacial score (nSPS) is 21.6. The van der Waals surface area contributed by atoms with Crippen LogP contribution in [0.4, 0.5) is 0 Å². The highest BCUT2D eigenvalue weighted by Crippen LogP contribution is 2.38. The van der Waals surface area contributed by atoms with Gasteiger partial charge in [-0.25, -0.2) is 0 Å². The smallest absolute Gasteiger partial charge is 0.305 e. The quantitative estimate of drug-likeness (QED) is 0.234. The number of carbonyl (C=O) groups is 2. The molecule has 7 heteroatoms. The van der Waals surface area contributed by atoms with Gasteiger partial charge < -0.3 is 18.6 Å². The summed E-state index contributed by atoms with van der Waals surface area (Å²) in [6.45, 7) is 16.0. The Morgan fingerprint density at radius 3 is 2.56 bits per heavy atom. The van der Waals surface area contributed by atoms with Crippen LogP contribution < -0.4 is 0 Å². The summed E-state index contributed by atoms with van der Waals surface area (Å²) in [5.74, 6) is -2.12. The van der Waals surface area contributed by atoms with Gasteiger partial charge in [-0.3, -0.25) is 9.59 Å². The van der Waals surface area contributed by atoms with Gasteiger partial charge in [0, 0.05) is 6.92 Å². The van der Waals surface area contributed by atoms with E-state index in [0.717, 1.165) is 5.56 Å². The number of carbonyl (C=O) groups excluding carboxylic acids is 2. The molecule has 2 rings (SSSR count). The summed E-state index contributed by atoms with van der Waals surface area (Å²) in [6.07, 6.45) is 4.48. The molecule has 1 aliphatic rings. The Bertz CT molecular complexity index is 911. The van der Waals surface area contributed by atoms with Crippen LogP contribution >= 0.6 is 0 Å². The fourth-order valence-corrected chi connectivity index (χ4v) is 4.20. The van der Waals surface area contributed by atoms with Gasteiger partial charge >= 0.3 is 5.97 Å². The van der Waals surface area contributed by atoms with Gasteiger partial charge in [0.15, 0.2) is 14.1 Å². The van der Waals surface area contributed by atoms with E-state index >= 15 is 0 Å². The minimum Gasteiger partial charge on any atom is -0.427 e. The van der Waals surface area contributed by atoms with E-state index in [1.165, 1.54) is 19.1 Å². The van der Waals surface area contributed by atoms with Crippen molar-refractivity contribution in [1.82, 2.24) is 0 Å². The molecule has 0 radical (unpaired) electrons. The summed E-state index contributed by atoms with van der Waals surface area (Å²) in [4.78, 5) is 24.5. The van der Waals surface area contributed by atoms with Crippen LogP contribution in [0.2, 0.25) is 18.1 Å². The van der Waals surface area contributed by atoms with Gasteiger partial charge in [-0.15, -0.1) is 5.73 Å². The van der Waals surface area contributed by atoms with Crippen molar-refractivity contribution in [3.05, 3.63) is 66.4 Å². The van der Waals surface area contributed by atoms with Gasteiger partial charge in [0.05, 0.1) is 12.7 Å². The number of hydrogen-bond acceptors (Lipinski definition) is 6. The highest BCUT2D eigenvalue weighted by Gasteiger charge is 2.45. The molecule has 0 amide bonds. The molecule has 0 aromatic heterocycles. The first-order valence-electron chi connectivity index (χ1n) is 11.6. The molecule has 0 saturated heterocycles. The Morgan fingerprint density at radius 1 is 1.29 bits per heavy atom. The predicted molar refractivity (Wildman–Crippen MR) is 135 cm³/mol. The summed E-state index contributed by atoms with van der Waals surface area (Å²) in [6, 6.07) is 9.84. The van der Waals surface area contributed by atoms with Crippen molar-refractivity contribution in [3.63, 3.8) is 0 Å². The maximum Gasteiger partial charge on any atom is 0.305 e. The SMILES string of the molecule is C=C=CC(CCC1OC(CO[Si](C)(C)C(C)(C)C)(OC(C)=O)C=CC1=O)OCc1ccccc1. The molecule has 1 aromatic carbocycles. The third-order valence-electron chi connectivity index (χ3n) is 6.24. The third-order valence-corrected chi connectivity index (χ3v) is 10.7. The molecule has 186 valence electrons. The topological polar surface area (TPSA) is 71.1 Å². The standard InChI is InChI=1S/C27H38O6Si/c1-8-12-23(30-19-22-13-10-9-11-14-22)15-16-25-24(29)17-18-27(33-25,32-21(2)28)20-31-34(6,7)26(3,4)5/h9-14,17-18,23,25H,1,15-16,19-20H2,2-7H3. The Labute approximate surface area is 204 Å². The summed E-state index contributed by atoms with van der Waals surface area (Å²) >= 11 is 0. The third kappa shape index (κ3) is 8.19. The van der Waals surface area contributed by atoms with Crippen molar-refractivity contribution < 1.29 is 28.2 Å². The molecule has 0 N–H and O–H groups in total. The van der Waals surface area contributed by atoms with E-state index in [1.807, 2.05) is 30.3 Å². The van der Waals surface area contributed by atoms with Crippen LogP contribution in [-0.4, -0.2) is 44.7 Å². The van der Waals surface area contributed by atoms with Crippen LogP contribution in [0, 0.1) is 0 Å². The first kappa shape index (κ1) is 28.0. The number of esters is 1. The van der Waals surface area contributed by atoms with Crippen LogP contribution in [0.1, 0.15) is 46.1 Å². The fraction of sp³-hybridized carbons (Fsp3) is 0.519. The molecule has 0 aliphatic carbocycles. The molecule has 3 atom stereocenters. The lowest BCUT2D eigenvalue weighted by Gasteiger charge is -2.41. The number of ether oxygens (including phenoxy) is 3. The van der Waals surface area contributed by atoms with Gasteiger partial charge in [-0.1, -0.05) is 57.7 Å². The zero-order valence-electron chi connectivity index (χ0n) is 21.3. The van der Waals surface area contributed by atoms with E-state index in [-0.39, 0.29) is 23.5 Å². The fourth-order valence-electron chi connectivity index (χ4n) is 3.21. The van der Waals surface area contributed by atoms with Crippen molar-refractivity contribution in [2.24, 2.45) is 0 Å². The van der Waals surface area contributed by atoms with Crippen LogP contribution in [0.5, 0.6) is 0 Å². The van der Waals surface area contributed by atoms with Gasteiger partial charge in [-0.2, -0.15) is 0 Å². The van der Waals surface area contributed by atoms with Gasteiger partial charge in [0.25, 0.3) is 5.79 Å². The summed E-state index contributed by atoms with van der Waals surface area (Å²) in [5, 5.41) is -0.0294. The lowest BCUT2D eigenvalue weighted by atomic mass is 10.0. The molecule has 34 heavy (non-hydrogen) atoms. The second-order valence-corrected chi connectivity index (χ2v) is 14.9. The molecule has 3 unspecified atom stereocenters. The summed E-state index contributed by atoms with van der Waals surface area (Å²) in [7, 11) is -2.15. The first-order chi connectivity index (χ1) is 15.9. The van der Waals surface area contributed by atoms with E-state index in [1.54, 1.807) is 6.08 Å². The number of rotatable bonds is 11. The Balaban J connectivity index is 2.09. The van der Waals surface area contributed by atoms with Gasteiger partial charge in [0.2, 0.25) is 0 Å². The van der Waals surface area contributed by atoms with E-state index in [4.69, 9.17) is 18.6 Å². The average Bonchev–Trinajstić information content (AvgIpc) is 2.76. The molecule has 1 heterocycles. The zero-order valence-corrected chi connectivity index (χ0v) is 22.3. The van der Waals surface area contributed by atoms with Crippen molar-refractivity contribution in [3.8, 4) is 0 Å². The van der Waals surface area contributed by atoms with Crippen LogP contribution in [0.25, 0.3) is 0 Å². The second kappa shape index (κ2) is 11.9. The van der Waals surface area contributed by atoms with Crippen molar-refractivity contribution in [2.75, 3.05) is 6.61 Å². The van der Waals surface area contributed by atoms with E-state index in [9.17, 15) is 9.59 Å². The molecule has 1 aliphatic heterocycles. The van der Waals surface area contributed by atoms with E-state index in [0.29, 0.717) is 19.4 Å². The highest BCUT2D eigenvalue weighted by atomic mass is 28.4. The maximum absolute atomic E-state index is 12.6. The summed E-state index contributed by atoms with van der Waals surface area (Å²) in [5.41, 5.74) is 3.82. The largest absolute Gasteiger partial charge is 0.427 e. The minimum absolute atomic E-state index is 0.0294. The number of hydrogen-bond donors (Lipinski definition) is 0. The van der Waals surface area contributed by atoms with Crippen molar-refractivity contribution >= 4 is 20.1 Å². The number of ketones is 1. The molecule has 1 aromatic rings. The Morgan fingerprint density at radius 2 is 1.97 bits per heavy atom. The molecular weight excluding hydrogens is 448 g/mol. The van der Waals surface area contributed by atoms with E-state index < -0.39 is 26.2 Å². The zero-order chi connectivity index (χ0) is 25.4. The monoisotopic (exact) mass is 486 g/mol. The molecule has 0 saturated carbocycles. The van der Waals surface area contributed by atoms with Crippen molar-refractivity contribution in [2.45, 2.75) is 83.3 Å². The number of benzene rings is 1. The molecule has 0 spiro atoms. The average molecular weight is 487 g/mol. The van der Waals surface area contributed by atoms with Crippen LogP contribution in [0.15, 0.2) is 60.9 Å². The molecule has 6 nitrogen and oxygen atoms in total. The van der Waals surface area contributed by atoms with E-state index in [2.05, 4.69) is 46.2 Å². The van der Waals surface area contributed by atoms with Crippen LogP contribution in [0.3, 0.4) is 0 Å². The lowest BCUT2D eigenvalue weighted by Crippen LogP contribution is -2.52. The Hall–Kier alpha value is -2.28. The maximum atomic E-state index is 12.6. The molecular formula is C27H38O6Si. The van der Waals surface area contributed by atoms with Crippen LogP contribution in [-0.2, 0) is 34.8 Å². The van der Waals surface area contributed by atoms with Crippen molar-refractivity contribution in [1.29, 1.82) is 0 Å². The molecule has 0 bridgehead atoms. The minimum atomic E-state index is -2.15. The van der Waals surface area contributed by atoms with Gasteiger partial charge in [0.1, 0.15) is 12.7 Å². The second-order valence-electron chi connectivity index (χ2n) is 10.1. The summed E-state index contributed by atoms with van der Waals surface area (Å²) < 4.78 is 24.0. The lowest BCUT2D eigenvalue weighted by molar-refractivity contribution is -0.237. The first-order valence-corrected chi connectivity index (χ1v) is 14.5. The predicted octanol–water partition coefficient (Wildman–Crippen LogP) is 5.50. The molecule has 0 fully saturated rings. The van der Waals surface area contributed by atoms with Gasteiger partial charge in [-0.05, 0) is 54.8 Å².